The summed E-state index contributed by atoms with van der Waals surface area (Å²) >= 11 is 0. The highest BCUT2D eigenvalue weighted by atomic mass is 16.5. The molecule has 1 aliphatic rings. The number of nitrogens with one attached hydrogen (secondary N) is 1. The number of carbonyl (C=O) groups is 2. The zero-order valence-electron chi connectivity index (χ0n) is 20.1. The van der Waals surface area contributed by atoms with Crippen molar-refractivity contribution in [1.82, 2.24) is 14.8 Å². The quantitative estimate of drug-likeness (QED) is 0.337. The van der Waals surface area contributed by atoms with E-state index in [1.165, 1.54) is 0 Å². The highest BCUT2D eigenvalue weighted by Gasteiger charge is 2.23. The number of nitrogens with two attached hydrogens (primary N) is 1. The Labute approximate surface area is 201 Å². The summed E-state index contributed by atoms with van der Waals surface area (Å²) in [5.74, 6) is 0.0645. The van der Waals surface area contributed by atoms with Crippen LogP contribution in [-0.4, -0.2) is 54.6 Å². The van der Waals surface area contributed by atoms with Crippen LogP contribution in [0.2, 0.25) is 0 Å². The van der Waals surface area contributed by atoms with Gasteiger partial charge in [0, 0.05) is 30.2 Å². The first kappa shape index (κ1) is 25.1. The number of carbonyl (C=O) groups excluding carboxylic acids is 2. The lowest BCUT2D eigenvalue weighted by Crippen LogP contribution is -2.42. The highest BCUT2D eigenvalue weighted by Crippen LogP contribution is 2.24. The molecule has 2 amide bonds. The van der Waals surface area contributed by atoms with Crippen molar-refractivity contribution in [3.63, 3.8) is 0 Å². The van der Waals surface area contributed by atoms with Gasteiger partial charge in [0.2, 0.25) is 5.91 Å². The second-order valence-corrected chi connectivity index (χ2v) is 8.68. The average Bonchev–Trinajstić information content (AvgIpc) is 3.12. The molecule has 8 nitrogen and oxygen atoms in total. The molecule has 0 radical (unpaired) electrons. The van der Waals surface area contributed by atoms with E-state index in [2.05, 4.69) is 14.8 Å². The maximum absolute atomic E-state index is 12.6. The molecule has 0 saturated carbocycles. The summed E-state index contributed by atoms with van der Waals surface area (Å²) in [5, 5.41) is 12.4. The van der Waals surface area contributed by atoms with Crippen molar-refractivity contribution in [1.29, 1.82) is 5.26 Å². The molecule has 2 heterocycles. The molecule has 1 aromatic carbocycles. The number of benzene rings is 1. The lowest BCUT2D eigenvalue weighted by molar-refractivity contribution is -0.123. The fourth-order valence-electron chi connectivity index (χ4n) is 4.46. The van der Waals surface area contributed by atoms with Crippen LogP contribution < -0.4 is 15.8 Å². The van der Waals surface area contributed by atoms with E-state index in [-0.39, 0.29) is 23.3 Å². The van der Waals surface area contributed by atoms with Gasteiger partial charge in [-0.3, -0.25) is 9.59 Å². The second-order valence-electron chi connectivity index (χ2n) is 8.68. The Hall–Kier alpha value is -3.57. The SMILES string of the molecule is COc1ccc(-n2c(C)cc(/C=C(/C#N)C(=O)NCCCN3CCCC(C(N)=O)C3)c2C)cc1. The van der Waals surface area contributed by atoms with E-state index in [0.717, 1.165) is 60.7 Å². The number of aryl methyl sites for hydroxylation is 1. The predicted molar refractivity (Wildman–Crippen MR) is 131 cm³/mol. The number of piperidine rings is 1. The third-order valence-electron chi connectivity index (χ3n) is 6.31. The Morgan fingerprint density at radius 2 is 2.03 bits per heavy atom. The van der Waals surface area contributed by atoms with E-state index in [1.54, 1.807) is 13.2 Å². The molecule has 1 atom stereocenters. The normalized spacial score (nSPS) is 16.6. The van der Waals surface area contributed by atoms with Crippen LogP contribution in [0.4, 0.5) is 0 Å². The molecule has 3 N–H and O–H groups in total. The summed E-state index contributed by atoms with van der Waals surface area (Å²) < 4.78 is 7.31. The minimum atomic E-state index is -0.384. The van der Waals surface area contributed by atoms with Crippen LogP contribution >= 0.6 is 0 Å². The number of likely N-dealkylation sites (tertiary alicyclic amines) is 1. The third-order valence-corrected chi connectivity index (χ3v) is 6.31. The first-order valence-corrected chi connectivity index (χ1v) is 11.6. The lowest BCUT2D eigenvalue weighted by atomic mass is 9.97. The molecule has 3 rings (SSSR count). The van der Waals surface area contributed by atoms with E-state index in [1.807, 2.05) is 50.2 Å². The molecule has 1 saturated heterocycles. The predicted octanol–water partition coefficient (Wildman–Crippen LogP) is 2.71. The Morgan fingerprint density at radius 3 is 2.68 bits per heavy atom. The number of aromatic nitrogens is 1. The van der Waals surface area contributed by atoms with Crippen LogP contribution in [0.25, 0.3) is 11.8 Å². The number of hydrogen-bond acceptors (Lipinski definition) is 5. The van der Waals surface area contributed by atoms with Crippen molar-refractivity contribution in [3.05, 3.63) is 52.9 Å². The zero-order valence-corrected chi connectivity index (χ0v) is 20.1. The Bertz CT molecular complexity index is 1090. The van der Waals surface area contributed by atoms with Crippen molar-refractivity contribution < 1.29 is 14.3 Å². The van der Waals surface area contributed by atoms with E-state index < -0.39 is 0 Å². The smallest absolute Gasteiger partial charge is 0.261 e. The van der Waals surface area contributed by atoms with Crippen molar-refractivity contribution >= 4 is 17.9 Å². The van der Waals surface area contributed by atoms with Crippen LogP contribution in [0, 0.1) is 31.1 Å². The summed E-state index contributed by atoms with van der Waals surface area (Å²) in [6.07, 6.45) is 4.18. The van der Waals surface area contributed by atoms with E-state index in [9.17, 15) is 14.9 Å². The van der Waals surface area contributed by atoms with Gasteiger partial charge in [-0.1, -0.05) is 0 Å². The van der Waals surface area contributed by atoms with Crippen LogP contribution in [0.5, 0.6) is 5.75 Å². The molecule has 1 aliphatic heterocycles. The number of rotatable bonds is 9. The monoisotopic (exact) mass is 463 g/mol. The Balaban J connectivity index is 1.60. The largest absolute Gasteiger partial charge is 0.497 e. The first-order chi connectivity index (χ1) is 16.3. The summed E-state index contributed by atoms with van der Waals surface area (Å²) in [6, 6.07) is 11.7. The molecular formula is C26H33N5O3. The average molecular weight is 464 g/mol. The molecule has 1 aromatic heterocycles. The summed E-state index contributed by atoms with van der Waals surface area (Å²) in [7, 11) is 1.63. The lowest BCUT2D eigenvalue weighted by Gasteiger charge is -2.31. The van der Waals surface area contributed by atoms with Gasteiger partial charge < -0.3 is 25.3 Å². The molecule has 0 spiro atoms. The molecule has 34 heavy (non-hydrogen) atoms. The van der Waals surface area contributed by atoms with Gasteiger partial charge in [-0.05, 0) is 88.2 Å². The summed E-state index contributed by atoms with van der Waals surface area (Å²) in [4.78, 5) is 26.3. The zero-order chi connectivity index (χ0) is 24.7. The van der Waals surface area contributed by atoms with Gasteiger partial charge in [0.05, 0.1) is 13.0 Å². The molecule has 8 heteroatoms. The number of primary amides is 1. The van der Waals surface area contributed by atoms with E-state index in [4.69, 9.17) is 10.5 Å². The van der Waals surface area contributed by atoms with Crippen LogP contribution in [0.1, 0.15) is 36.2 Å². The number of amides is 2. The second kappa shape index (κ2) is 11.5. The summed E-state index contributed by atoms with van der Waals surface area (Å²) in [5.41, 5.74) is 9.26. The number of nitriles is 1. The van der Waals surface area contributed by atoms with Crippen molar-refractivity contribution in [2.45, 2.75) is 33.1 Å². The van der Waals surface area contributed by atoms with E-state index in [0.29, 0.717) is 13.1 Å². The molecule has 0 bridgehead atoms. The molecule has 0 aliphatic carbocycles. The molecular weight excluding hydrogens is 430 g/mol. The number of methoxy groups -OCH3 is 1. The number of ether oxygens (including phenoxy) is 1. The molecule has 1 unspecified atom stereocenters. The maximum atomic E-state index is 12.6. The van der Waals surface area contributed by atoms with Crippen LogP contribution in [0.15, 0.2) is 35.9 Å². The fraction of sp³-hybridized carbons (Fsp3) is 0.423. The highest BCUT2D eigenvalue weighted by molar-refractivity contribution is 6.01. The van der Waals surface area contributed by atoms with Gasteiger partial charge >= 0.3 is 0 Å². The van der Waals surface area contributed by atoms with Gasteiger partial charge in [-0.15, -0.1) is 0 Å². The Morgan fingerprint density at radius 1 is 1.29 bits per heavy atom. The van der Waals surface area contributed by atoms with Gasteiger partial charge in [0.1, 0.15) is 17.4 Å². The summed E-state index contributed by atoms with van der Waals surface area (Å²) in [6.45, 7) is 6.80. The van der Waals surface area contributed by atoms with Gasteiger partial charge in [0.25, 0.3) is 5.91 Å². The van der Waals surface area contributed by atoms with Crippen molar-refractivity contribution in [2.75, 3.05) is 33.3 Å². The molecule has 2 aromatic rings. The maximum Gasteiger partial charge on any atom is 0.261 e. The third kappa shape index (κ3) is 6.06. The molecule has 180 valence electrons. The van der Waals surface area contributed by atoms with Crippen LogP contribution in [-0.2, 0) is 9.59 Å². The Kier molecular flexibility index (Phi) is 8.50. The topological polar surface area (TPSA) is 113 Å². The minimum Gasteiger partial charge on any atom is -0.497 e. The first-order valence-electron chi connectivity index (χ1n) is 11.6. The number of hydrogen-bond donors (Lipinski definition) is 2. The van der Waals surface area contributed by atoms with E-state index >= 15 is 0 Å². The van der Waals surface area contributed by atoms with Gasteiger partial charge in [-0.2, -0.15) is 5.26 Å². The van der Waals surface area contributed by atoms with Crippen molar-refractivity contribution in [2.24, 2.45) is 11.7 Å². The van der Waals surface area contributed by atoms with Crippen molar-refractivity contribution in [3.8, 4) is 17.5 Å². The molecule has 1 fully saturated rings. The van der Waals surface area contributed by atoms with Gasteiger partial charge in [0.15, 0.2) is 0 Å². The fourth-order valence-corrected chi connectivity index (χ4v) is 4.46. The van der Waals surface area contributed by atoms with Gasteiger partial charge in [-0.25, -0.2) is 0 Å². The minimum absolute atomic E-state index is 0.0711. The number of nitrogens with zero attached hydrogens (tertiary/aromatic N) is 3. The standard InChI is InChI=1S/C26H33N5O3/c1-18-14-21(19(2)31(18)23-7-9-24(34-3)10-8-23)15-22(16-27)26(33)29-11-5-13-30-12-4-6-20(17-30)25(28)32/h7-10,14-15,20H,4-6,11-13,17H2,1-3H3,(H2,28,32)(H,29,33)/b22-15-. The van der Waals surface area contributed by atoms with Crippen LogP contribution in [0.3, 0.4) is 0 Å².